The van der Waals surface area contributed by atoms with Crippen LogP contribution >= 0.6 is 0 Å². The van der Waals surface area contributed by atoms with Crippen LogP contribution in [-0.4, -0.2) is 23.8 Å². The minimum absolute atomic E-state index is 0.131. The van der Waals surface area contributed by atoms with Gasteiger partial charge in [0.05, 0.1) is 18.6 Å². The molecule has 2 aliphatic rings. The van der Waals surface area contributed by atoms with Crippen LogP contribution < -0.4 is 0 Å². The fraction of sp³-hybridized carbons (Fsp3) is 0.875. The lowest BCUT2D eigenvalue weighted by Crippen LogP contribution is -2.27. The zero-order valence-corrected chi connectivity index (χ0v) is 6.32. The summed E-state index contributed by atoms with van der Waals surface area (Å²) in [5.74, 6) is -0.473. The number of aliphatic carboxylic acids is 1. The van der Waals surface area contributed by atoms with Crippen molar-refractivity contribution in [3.8, 4) is 0 Å². The van der Waals surface area contributed by atoms with Gasteiger partial charge in [0.1, 0.15) is 0 Å². The van der Waals surface area contributed by atoms with Crippen molar-refractivity contribution < 1.29 is 14.6 Å². The van der Waals surface area contributed by atoms with E-state index in [9.17, 15) is 4.79 Å². The van der Waals surface area contributed by atoms with Crippen LogP contribution in [0, 0.1) is 11.8 Å². The summed E-state index contributed by atoms with van der Waals surface area (Å²) in [6, 6.07) is 0. The zero-order chi connectivity index (χ0) is 7.84. The molecule has 2 bridgehead atoms. The second kappa shape index (κ2) is 2.48. The van der Waals surface area contributed by atoms with Crippen molar-refractivity contribution in [1.29, 1.82) is 0 Å². The fourth-order valence-corrected chi connectivity index (χ4v) is 2.14. The summed E-state index contributed by atoms with van der Waals surface area (Å²) in [5, 5.41) is 8.80. The molecule has 0 aromatic heterocycles. The van der Waals surface area contributed by atoms with Crippen LogP contribution in [0.5, 0.6) is 0 Å². The number of carbonyl (C=O) groups is 1. The third-order valence-electron chi connectivity index (χ3n) is 2.80. The SMILES string of the molecule is O=C(O)[C@H]1CC[C@@H]2C[C@H]1CO2. The van der Waals surface area contributed by atoms with Gasteiger partial charge in [0.25, 0.3) is 0 Å². The first kappa shape index (κ1) is 7.10. The smallest absolute Gasteiger partial charge is 0.306 e. The number of ether oxygens (including phenoxy) is 1. The van der Waals surface area contributed by atoms with E-state index in [1.54, 1.807) is 0 Å². The maximum Gasteiger partial charge on any atom is 0.306 e. The highest BCUT2D eigenvalue weighted by atomic mass is 16.5. The summed E-state index contributed by atoms with van der Waals surface area (Å²) in [6.45, 7) is 0.668. The molecule has 0 unspecified atom stereocenters. The van der Waals surface area contributed by atoms with Gasteiger partial charge in [0.15, 0.2) is 0 Å². The second-order valence-corrected chi connectivity index (χ2v) is 3.47. The number of carboxylic acid groups (broad SMARTS) is 1. The largest absolute Gasteiger partial charge is 0.481 e. The molecule has 1 N–H and O–H groups in total. The van der Waals surface area contributed by atoms with E-state index in [2.05, 4.69) is 0 Å². The van der Waals surface area contributed by atoms with Crippen LogP contribution in [0.15, 0.2) is 0 Å². The Morgan fingerprint density at radius 3 is 3.00 bits per heavy atom. The van der Waals surface area contributed by atoms with Crippen LogP contribution in [-0.2, 0) is 9.53 Å². The Balaban J connectivity index is 2.07. The van der Waals surface area contributed by atoms with Crippen molar-refractivity contribution in [2.45, 2.75) is 25.4 Å². The van der Waals surface area contributed by atoms with Crippen molar-refractivity contribution in [3.63, 3.8) is 0 Å². The van der Waals surface area contributed by atoms with Gasteiger partial charge in [-0.25, -0.2) is 0 Å². The maximum absolute atomic E-state index is 10.7. The number of carboxylic acids is 1. The number of hydrogen-bond donors (Lipinski definition) is 1. The predicted octanol–water partition coefficient (Wildman–Crippen LogP) is 0.886. The van der Waals surface area contributed by atoms with Crippen molar-refractivity contribution in [3.05, 3.63) is 0 Å². The molecular weight excluding hydrogens is 144 g/mol. The first-order chi connectivity index (χ1) is 5.27. The van der Waals surface area contributed by atoms with E-state index < -0.39 is 5.97 Å². The molecule has 1 aliphatic heterocycles. The van der Waals surface area contributed by atoms with Gasteiger partial charge in [-0.15, -0.1) is 0 Å². The molecule has 2 fully saturated rings. The molecule has 0 aromatic rings. The molecule has 1 heterocycles. The monoisotopic (exact) mass is 156 g/mol. The Hall–Kier alpha value is -0.570. The Labute approximate surface area is 65.4 Å². The van der Waals surface area contributed by atoms with Gasteiger partial charge in [-0.3, -0.25) is 4.79 Å². The quantitative estimate of drug-likeness (QED) is 0.613. The van der Waals surface area contributed by atoms with Crippen LogP contribution in [0.1, 0.15) is 19.3 Å². The molecule has 0 amide bonds. The molecule has 3 atom stereocenters. The average molecular weight is 156 g/mol. The van der Waals surface area contributed by atoms with Gasteiger partial charge in [-0.05, 0) is 25.2 Å². The van der Waals surface area contributed by atoms with Crippen LogP contribution in [0.25, 0.3) is 0 Å². The Morgan fingerprint density at radius 1 is 1.45 bits per heavy atom. The summed E-state index contributed by atoms with van der Waals surface area (Å²) in [7, 11) is 0. The van der Waals surface area contributed by atoms with E-state index in [1.165, 1.54) is 0 Å². The van der Waals surface area contributed by atoms with Gasteiger partial charge < -0.3 is 9.84 Å². The maximum atomic E-state index is 10.7. The first-order valence-electron chi connectivity index (χ1n) is 4.12. The van der Waals surface area contributed by atoms with Crippen LogP contribution in [0.2, 0.25) is 0 Å². The third-order valence-corrected chi connectivity index (χ3v) is 2.80. The predicted molar refractivity (Wildman–Crippen MR) is 38.2 cm³/mol. The molecule has 11 heavy (non-hydrogen) atoms. The number of fused-ring (bicyclic) bond motifs is 2. The van der Waals surface area contributed by atoms with Gasteiger partial charge in [0.2, 0.25) is 0 Å². The zero-order valence-electron chi connectivity index (χ0n) is 6.32. The topological polar surface area (TPSA) is 46.5 Å². The minimum atomic E-state index is -0.640. The van der Waals surface area contributed by atoms with E-state index in [0.717, 1.165) is 19.3 Å². The standard InChI is InChI=1S/C8H12O3/c9-8(10)7-2-1-6-3-5(7)4-11-6/h5-7H,1-4H2,(H,9,10)/t5-,6+,7-/m0/s1. The van der Waals surface area contributed by atoms with E-state index in [4.69, 9.17) is 9.84 Å². The minimum Gasteiger partial charge on any atom is -0.481 e. The summed E-state index contributed by atoms with van der Waals surface area (Å²) >= 11 is 0. The van der Waals surface area contributed by atoms with Crippen molar-refractivity contribution in [2.75, 3.05) is 6.61 Å². The molecule has 2 rings (SSSR count). The van der Waals surface area contributed by atoms with Crippen LogP contribution in [0.4, 0.5) is 0 Å². The molecule has 3 heteroatoms. The van der Waals surface area contributed by atoms with Crippen molar-refractivity contribution >= 4 is 5.97 Å². The highest BCUT2D eigenvalue weighted by Gasteiger charge is 2.40. The highest BCUT2D eigenvalue weighted by molar-refractivity contribution is 5.70. The number of hydrogen-bond acceptors (Lipinski definition) is 2. The van der Waals surface area contributed by atoms with E-state index in [-0.39, 0.29) is 5.92 Å². The summed E-state index contributed by atoms with van der Waals surface area (Å²) in [4.78, 5) is 10.7. The molecule has 3 nitrogen and oxygen atoms in total. The summed E-state index contributed by atoms with van der Waals surface area (Å²) < 4.78 is 5.39. The van der Waals surface area contributed by atoms with Gasteiger partial charge in [-0.2, -0.15) is 0 Å². The molecule has 0 radical (unpaired) electrons. The lowest BCUT2D eigenvalue weighted by atomic mass is 9.80. The molecule has 0 aromatic carbocycles. The Kier molecular flexibility index (Phi) is 1.60. The van der Waals surface area contributed by atoms with Gasteiger partial charge in [-0.1, -0.05) is 0 Å². The molecule has 62 valence electrons. The lowest BCUT2D eigenvalue weighted by Gasteiger charge is -2.22. The molecule has 0 spiro atoms. The second-order valence-electron chi connectivity index (χ2n) is 3.47. The van der Waals surface area contributed by atoms with Crippen LogP contribution in [0.3, 0.4) is 0 Å². The summed E-state index contributed by atoms with van der Waals surface area (Å²) in [6.07, 6.45) is 3.09. The Bertz CT molecular complexity index is 178. The molecular formula is C8H12O3. The van der Waals surface area contributed by atoms with E-state index in [1.807, 2.05) is 0 Å². The molecule has 1 saturated carbocycles. The average Bonchev–Trinajstić information content (AvgIpc) is 2.32. The molecule has 1 saturated heterocycles. The van der Waals surface area contributed by atoms with Crippen molar-refractivity contribution in [1.82, 2.24) is 0 Å². The lowest BCUT2D eigenvalue weighted by molar-refractivity contribution is -0.144. The first-order valence-corrected chi connectivity index (χ1v) is 4.12. The molecule has 1 aliphatic carbocycles. The number of rotatable bonds is 1. The third kappa shape index (κ3) is 1.13. The fourth-order valence-electron chi connectivity index (χ4n) is 2.14. The Morgan fingerprint density at radius 2 is 2.27 bits per heavy atom. The summed E-state index contributed by atoms with van der Waals surface area (Å²) in [5.41, 5.74) is 0. The normalized spacial score (nSPS) is 42.4. The highest BCUT2D eigenvalue weighted by Crippen LogP contribution is 2.37. The van der Waals surface area contributed by atoms with E-state index >= 15 is 0 Å². The van der Waals surface area contributed by atoms with Gasteiger partial charge in [0, 0.05) is 0 Å². The van der Waals surface area contributed by atoms with Gasteiger partial charge >= 0.3 is 5.97 Å². The van der Waals surface area contributed by atoms with E-state index in [0.29, 0.717) is 18.6 Å². The van der Waals surface area contributed by atoms with Crippen molar-refractivity contribution in [2.24, 2.45) is 11.8 Å².